The molecule has 1 saturated carbocycles. The number of hydrogen-bond donors (Lipinski definition) is 0. The lowest BCUT2D eigenvalue weighted by molar-refractivity contribution is 0.375. The van der Waals surface area contributed by atoms with Gasteiger partial charge in [-0.15, -0.1) is 0 Å². The molecule has 1 aliphatic carbocycles. The molecule has 3 rings (SSSR count). The van der Waals surface area contributed by atoms with Crippen LogP contribution in [0.4, 0.5) is 0 Å². The van der Waals surface area contributed by atoms with Crippen LogP contribution in [0.15, 0.2) is 36.4 Å². The minimum absolute atomic E-state index is 0.800. The van der Waals surface area contributed by atoms with E-state index in [1.165, 1.54) is 63.6 Å². The highest BCUT2D eigenvalue weighted by Crippen LogP contribution is 2.35. The van der Waals surface area contributed by atoms with E-state index in [2.05, 4.69) is 41.3 Å². The lowest BCUT2D eigenvalue weighted by atomic mass is 9.81. The maximum absolute atomic E-state index is 2.60. The number of benzene rings is 1. The van der Waals surface area contributed by atoms with Crippen molar-refractivity contribution in [3.05, 3.63) is 42.0 Å². The molecule has 2 aliphatic rings. The predicted octanol–water partition coefficient (Wildman–Crippen LogP) is 4.75. The van der Waals surface area contributed by atoms with Crippen molar-refractivity contribution in [2.45, 2.75) is 44.9 Å². The lowest BCUT2D eigenvalue weighted by Crippen LogP contribution is -2.20. The van der Waals surface area contributed by atoms with Gasteiger partial charge in [0.25, 0.3) is 0 Å². The fraction of sp³-hybridized carbons (Fsp3) is 0.579. The summed E-state index contributed by atoms with van der Waals surface area (Å²) in [5.41, 5.74) is 3.08. The molecule has 0 amide bonds. The monoisotopic (exact) mass is 269 g/mol. The fourth-order valence-corrected chi connectivity index (χ4v) is 3.76. The first kappa shape index (κ1) is 13.9. The highest BCUT2D eigenvalue weighted by atomic mass is 15.1. The first-order chi connectivity index (χ1) is 9.93. The normalized spacial score (nSPS) is 22.3. The van der Waals surface area contributed by atoms with E-state index in [9.17, 15) is 0 Å². The van der Waals surface area contributed by atoms with Gasteiger partial charge in [0.1, 0.15) is 0 Å². The van der Waals surface area contributed by atoms with Gasteiger partial charge in [0, 0.05) is 6.54 Å². The van der Waals surface area contributed by atoms with Crippen LogP contribution in [0.2, 0.25) is 0 Å². The van der Waals surface area contributed by atoms with Gasteiger partial charge in [-0.25, -0.2) is 0 Å². The fourth-order valence-electron chi connectivity index (χ4n) is 3.76. The predicted molar refractivity (Wildman–Crippen MR) is 86.7 cm³/mol. The molecular formula is C19H27N. The highest BCUT2D eigenvalue weighted by Gasteiger charge is 2.19. The van der Waals surface area contributed by atoms with E-state index < -0.39 is 0 Å². The Hall–Kier alpha value is -1.08. The molecule has 0 spiro atoms. The number of hydrogen-bond acceptors (Lipinski definition) is 1. The molecule has 0 bridgehead atoms. The van der Waals surface area contributed by atoms with Crippen LogP contribution < -0.4 is 0 Å². The number of allylic oxidation sites excluding steroid dienone is 1. The molecule has 0 N–H and O–H groups in total. The Morgan fingerprint density at radius 2 is 1.65 bits per heavy atom. The molecule has 1 heteroatoms. The van der Waals surface area contributed by atoms with E-state index in [0.29, 0.717) is 0 Å². The quantitative estimate of drug-likeness (QED) is 0.762. The molecule has 1 aliphatic heterocycles. The number of rotatable bonds is 4. The van der Waals surface area contributed by atoms with Gasteiger partial charge in [0.05, 0.1) is 0 Å². The molecule has 1 saturated heterocycles. The Labute approximate surface area is 123 Å². The van der Waals surface area contributed by atoms with Gasteiger partial charge in [-0.1, -0.05) is 55.7 Å². The van der Waals surface area contributed by atoms with Crippen molar-refractivity contribution in [2.75, 3.05) is 19.6 Å². The molecule has 2 fully saturated rings. The van der Waals surface area contributed by atoms with E-state index >= 15 is 0 Å². The SMILES string of the molecule is C(/CN1CCCC1)=C(/c1ccccc1)C1CCCCC1. The van der Waals surface area contributed by atoms with E-state index in [4.69, 9.17) is 0 Å². The third kappa shape index (κ3) is 3.52. The summed E-state index contributed by atoms with van der Waals surface area (Å²) in [6, 6.07) is 11.1. The number of likely N-dealkylation sites (tertiary alicyclic amines) is 1. The molecule has 0 aromatic heterocycles. The summed E-state index contributed by atoms with van der Waals surface area (Å²) in [6.45, 7) is 3.74. The zero-order valence-electron chi connectivity index (χ0n) is 12.6. The molecule has 0 atom stereocenters. The Bertz CT molecular complexity index is 422. The van der Waals surface area contributed by atoms with Crippen LogP contribution >= 0.6 is 0 Å². The first-order valence-corrected chi connectivity index (χ1v) is 8.41. The van der Waals surface area contributed by atoms with Crippen molar-refractivity contribution in [3.63, 3.8) is 0 Å². The van der Waals surface area contributed by atoms with E-state index in [-0.39, 0.29) is 0 Å². The van der Waals surface area contributed by atoms with Gasteiger partial charge in [-0.2, -0.15) is 0 Å². The highest BCUT2D eigenvalue weighted by molar-refractivity contribution is 5.67. The van der Waals surface area contributed by atoms with Crippen LogP contribution in [0.5, 0.6) is 0 Å². The van der Waals surface area contributed by atoms with Crippen molar-refractivity contribution < 1.29 is 0 Å². The van der Waals surface area contributed by atoms with Crippen LogP contribution in [0.1, 0.15) is 50.5 Å². The molecule has 1 aromatic carbocycles. The van der Waals surface area contributed by atoms with Crippen molar-refractivity contribution in [1.29, 1.82) is 0 Å². The van der Waals surface area contributed by atoms with Gasteiger partial charge in [-0.05, 0) is 55.8 Å². The first-order valence-electron chi connectivity index (χ1n) is 8.41. The lowest BCUT2D eigenvalue weighted by Gasteiger charge is -2.26. The Balaban J connectivity index is 1.76. The molecule has 1 aromatic rings. The van der Waals surface area contributed by atoms with Gasteiger partial charge in [0.2, 0.25) is 0 Å². The zero-order valence-corrected chi connectivity index (χ0v) is 12.6. The molecule has 0 unspecified atom stereocenters. The Morgan fingerprint density at radius 3 is 2.35 bits per heavy atom. The second-order valence-electron chi connectivity index (χ2n) is 6.37. The minimum atomic E-state index is 0.800. The molecular weight excluding hydrogens is 242 g/mol. The van der Waals surface area contributed by atoms with Crippen LogP contribution in [0, 0.1) is 5.92 Å². The minimum Gasteiger partial charge on any atom is -0.300 e. The largest absolute Gasteiger partial charge is 0.300 e. The molecule has 1 nitrogen and oxygen atoms in total. The Kier molecular flexibility index (Phi) is 4.91. The number of nitrogens with zero attached hydrogens (tertiary/aromatic N) is 1. The van der Waals surface area contributed by atoms with Gasteiger partial charge < -0.3 is 0 Å². The summed E-state index contributed by atoms with van der Waals surface area (Å²) >= 11 is 0. The standard InChI is InChI=1S/C19H27N/c1-3-9-17(10-4-1)19(18-11-5-2-6-12-18)13-16-20-14-7-8-15-20/h1,3-4,9-10,13,18H,2,5-8,11-12,14-16H2/b19-13+. The van der Waals surface area contributed by atoms with Crippen LogP contribution in [0.3, 0.4) is 0 Å². The van der Waals surface area contributed by atoms with Crippen LogP contribution in [-0.4, -0.2) is 24.5 Å². The van der Waals surface area contributed by atoms with Crippen molar-refractivity contribution in [2.24, 2.45) is 5.92 Å². The summed E-state index contributed by atoms with van der Waals surface area (Å²) < 4.78 is 0. The summed E-state index contributed by atoms with van der Waals surface area (Å²) in [4.78, 5) is 2.60. The maximum Gasteiger partial charge on any atom is 0.0169 e. The van der Waals surface area contributed by atoms with E-state index in [1.54, 1.807) is 5.57 Å². The molecule has 108 valence electrons. The summed E-state index contributed by atoms with van der Waals surface area (Å²) in [7, 11) is 0. The van der Waals surface area contributed by atoms with E-state index in [1.807, 2.05) is 0 Å². The summed E-state index contributed by atoms with van der Waals surface area (Å²) in [6.07, 6.45) is 12.4. The molecule has 1 heterocycles. The topological polar surface area (TPSA) is 3.24 Å². The smallest absolute Gasteiger partial charge is 0.0169 e. The van der Waals surface area contributed by atoms with Gasteiger partial charge in [0.15, 0.2) is 0 Å². The third-order valence-corrected chi connectivity index (χ3v) is 4.92. The van der Waals surface area contributed by atoms with Crippen LogP contribution in [-0.2, 0) is 0 Å². The van der Waals surface area contributed by atoms with E-state index in [0.717, 1.165) is 12.5 Å². The Morgan fingerprint density at radius 1 is 0.950 bits per heavy atom. The molecule has 20 heavy (non-hydrogen) atoms. The zero-order chi connectivity index (χ0) is 13.6. The second-order valence-corrected chi connectivity index (χ2v) is 6.37. The van der Waals surface area contributed by atoms with Crippen molar-refractivity contribution in [3.8, 4) is 0 Å². The van der Waals surface area contributed by atoms with Gasteiger partial charge >= 0.3 is 0 Å². The van der Waals surface area contributed by atoms with Crippen LogP contribution in [0.25, 0.3) is 5.57 Å². The van der Waals surface area contributed by atoms with Crippen molar-refractivity contribution >= 4 is 5.57 Å². The summed E-state index contributed by atoms with van der Waals surface area (Å²) in [5.74, 6) is 0.800. The molecule has 0 radical (unpaired) electrons. The summed E-state index contributed by atoms with van der Waals surface area (Å²) in [5, 5.41) is 0. The average molecular weight is 269 g/mol. The maximum atomic E-state index is 2.60. The third-order valence-electron chi connectivity index (χ3n) is 4.92. The van der Waals surface area contributed by atoms with Gasteiger partial charge in [-0.3, -0.25) is 4.90 Å². The van der Waals surface area contributed by atoms with Crippen molar-refractivity contribution in [1.82, 2.24) is 4.90 Å². The second kappa shape index (κ2) is 7.08. The average Bonchev–Trinajstić information content (AvgIpc) is 3.03.